The molecule has 0 saturated carbocycles. The molecule has 5 nitrogen and oxygen atoms in total. The predicted molar refractivity (Wildman–Crippen MR) is 98.5 cm³/mol. The van der Waals surface area contributed by atoms with Crippen LogP contribution >= 0.6 is 31.9 Å². The van der Waals surface area contributed by atoms with Gasteiger partial charge >= 0.3 is 0 Å². The second kappa shape index (κ2) is 7.70. The number of aromatic nitrogens is 1. The van der Waals surface area contributed by atoms with Gasteiger partial charge in [-0.15, -0.1) is 0 Å². The second-order valence-electron chi connectivity index (χ2n) is 4.71. The molecule has 120 valence electrons. The van der Waals surface area contributed by atoms with Crippen molar-refractivity contribution in [3.8, 4) is 5.75 Å². The van der Waals surface area contributed by atoms with E-state index in [1.807, 2.05) is 6.92 Å². The van der Waals surface area contributed by atoms with E-state index in [9.17, 15) is 9.90 Å². The molecule has 0 radical (unpaired) electrons. The number of nitrogens with zero attached hydrogens (tertiary/aromatic N) is 2. The summed E-state index contributed by atoms with van der Waals surface area (Å²) < 4.78 is 0.452. The van der Waals surface area contributed by atoms with E-state index in [4.69, 9.17) is 5.73 Å². The third kappa shape index (κ3) is 3.79. The van der Waals surface area contributed by atoms with E-state index in [2.05, 4.69) is 41.8 Å². The monoisotopic (exact) mass is 439 g/mol. The summed E-state index contributed by atoms with van der Waals surface area (Å²) in [5.41, 5.74) is 8.18. The number of aromatic hydroxyl groups is 1. The van der Waals surface area contributed by atoms with Gasteiger partial charge in [-0.1, -0.05) is 15.9 Å². The quantitative estimate of drug-likeness (QED) is 0.421. The average molecular weight is 441 g/mol. The smallest absolute Gasteiger partial charge is 0.211 e. The number of phenolic OH excluding ortho intramolecular Hbond substituents is 1. The zero-order valence-electron chi connectivity index (χ0n) is 12.4. The molecule has 0 unspecified atom stereocenters. The van der Waals surface area contributed by atoms with Crippen LogP contribution in [0.1, 0.15) is 28.4 Å². The maximum absolute atomic E-state index is 12.9. The van der Waals surface area contributed by atoms with E-state index >= 15 is 0 Å². The third-order valence-corrected chi connectivity index (χ3v) is 4.40. The number of nitrogens with two attached hydrogens (primary N) is 1. The maximum atomic E-state index is 12.9. The predicted octanol–water partition coefficient (Wildman–Crippen LogP) is 3.72. The molecule has 3 N–H and O–H groups in total. The van der Waals surface area contributed by atoms with Crippen molar-refractivity contribution in [2.24, 2.45) is 4.99 Å². The van der Waals surface area contributed by atoms with Crippen LogP contribution in [0.15, 0.2) is 40.1 Å². The van der Waals surface area contributed by atoms with Crippen LogP contribution in [-0.4, -0.2) is 28.1 Å². The van der Waals surface area contributed by atoms with Gasteiger partial charge in [0.05, 0.1) is 4.47 Å². The van der Waals surface area contributed by atoms with Crippen LogP contribution in [0.5, 0.6) is 5.75 Å². The lowest BCUT2D eigenvalue weighted by molar-refractivity contribution is 0.106. The molecule has 0 aliphatic carbocycles. The first kappa shape index (κ1) is 17.6. The van der Waals surface area contributed by atoms with E-state index in [0.717, 1.165) is 0 Å². The number of Topliss-reactive ketones (excluding diaryl/α,β-unsaturated/α-hetero) is 1. The number of pyridine rings is 1. The first-order valence-corrected chi connectivity index (χ1v) is 8.77. The van der Waals surface area contributed by atoms with Gasteiger partial charge in [0.25, 0.3) is 0 Å². The Morgan fingerprint density at radius 2 is 2.17 bits per heavy atom. The molecule has 2 aromatic rings. The highest BCUT2D eigenvalue weighted by atomic mass is 79.9. The van der Waals surface area contributed by atoms with Crippen molar-refractivity contribution in [1.82, 2.24) is 4.98 Å². The van der Waals surface area contributed by atoms with Gasteiger partial charge in [-0.3, -0.25) is 14.8 Å². The summed E-state index contributed by atoms with van der Waals surface area (Å²) in [4.78, 5) is 21.2. The molecule has 0 spiro atoms. The Kier molecular flexibility index (Phi) is 5.90. The summed E-state index contributed by atoms with van der Waals surface area (Å²) in [7, 11) is 0. The topological polar surface area (TPSA) is 88.6 Å². The molecule has 7 heteroatoms. The Morgan fingerprint density at radius 1 is 1.43 bits per heavy atom. The van der Waals surface area contributed by atoms with Gasteiger partial charge in [0, 0.05) is 46.6 Å². The van der Waals surface area contributed by atoms with Crippen molar-refractivity contribution in [2.45, 2.75) is 12.3 Å². The molecule has 0 aliphatic heterocycles. The number of alkyl halides is 1. The largest absolute Gasteiger partial charge is 0.506 e. The zero-order valence-corrected chi connectivity index (χ0v) is 15.6. The zero-order chi connectivity index (χ0) is 17.0. The fourth-order valence-corrected chi connectivity index (χ4v) is 2.99. The normalized spacial score (nSPS) is 11.5. The molecule has 0 aliphatic rings. The summed E-state index contributed by atoms with van der Waals surface area (Å²) in [6.45, 7) is 2.29. The van der Waals surface area contributed by atoms with Crippen LogP contribution in [0, 0.1) is 0 Å². The molecule has 23 heavy (non-hydrogen) atoms. The molecule has 1 aromatic carbocycles. The van der Waals surface area contributed by atoms with Gasteiger partial charge < -0.3 is 10.8 Å². The first-order valence-electron chi connectivity index (χ1n) is 6.85. The molecule has 0 saturated heterocycles. The fraction of sp³-hybridized carbons (Fsp3) is 0.188. The Bertz CT molecular complexity index is 776. The minimum Gasteiger partial charge on any atom is -0.506 e. The standard InChI is InChI=1S/C16H15Br2N3O2/c1-2-21-14(11-8-20-4-3-13(11)19)16(23)9-5-10(7-17)15(22)12(18)6-9/h3-6,8,22H,2,7H2,1H3,(H2,19,20). The number of anilines is 1. The van der Waals surface area contributed by atoms with Gasteiger partial charge in [0.1, 0.15) is 11.5 Å². The van der Waals surface area contributed by atoms with Crippen LogP contribution < -0.4 is 5.73 Å². The molecule has 1 heterocycles. The number of aliphatic imine (C=N–C) groups is 1. The van der Waals surface area contributed by atoms with Crippen LogP contribution in [-0.2, 0) is 5.33 Å². The Balaban J connectivity index is 2.54. The van der Waals surface area contributed by atoms with E-state index in [-0.39, 0.29) is 17.2 Å². The van der Waals surface area contributed by atoms with E-state index in [0.29, 0.717) is 38.7 Å². The van der Waals surface area contributed by atoms with Crippen molar-refractivity contribution >= 4 is 49.0 Å². The summed E-state index contributed by atoms with van der Waals surface area (Å²) >= 11 is 6.56. The number of phenols is 1. The number of carbonyl (C=O) groups excluding carboxylic acids is 1. The minimum atomic E-state index is -0.269. The summed E-state index contributed by atoms with van der Waals surface area (Å²) in [5, 5.41) is 10.4. The van der Waals surface area contributed by atoms with Crippen LogP contribution in [0.3, 0.4) is 0 Å². The molecule has 0 atom stereocenters. The first-order chi connectivity index (χ1) is 11.0. The lowest BCUT2D eigenvalue weighted by Crippen LogP contribution is -2.18. The van der Waals surface area contributed by atoms with Gasteiger partial charge in [0.2, 0.25) is 5.78 Å². The maximum Gasteiger partial charge on any atom is 0.211 e. The SMILES string of the molecule is CCN=C(C(=O)c1cc(Br)c(O)c(CBr)c1)c1cnccc1N. The molecular formula is C16H15Br2N3O2. The number of benzene rings is 1. The molecule has 2 rings (SSSR count). The Labute approximate surface area is 150 Å². The number of nitrogen functional groups attached to an aromatic ring is 1. The molecular weight excluding hydrogens is 426 g/mol. The van der Waals surface area contributed by atoms with Crippen LogP contribution in [0.25, 0.3) is 0 Å². The highest BCUT2D eigenvalue weighted by Crippen LogP contribution is 2.31. The number of halogens is 2. The number of ketones is 1. The van der Waals surface area contributed by atoms with Crippen LogP contribution in [0.2, 0.25) is 0 Å². The average Bonchev–Trinajstić information content (AvgIpc) is 2.55. The molecule has 0 amide bonds. The molecule has 0 bridgehead atoms. The summed E-state index contributed by atoms with van der Waals surface area (Å²) in [6, 6.07) is 4.83. The third-order valence-electron chi connectivity index (χ3n) is 3.19. The summed E-state index contributed by atoms with van der Waals surface area (Å²) in [6.07, 6.45) is 3.09. The highest BCUT2D eigenvalue weighted by Gasteiger charge is 2.20. The summed E-state index contributed by atoms with van der Waals surface area (Å²) in [5.74, 6) is -0.164. The second-order valence-corrected chi connectivity index (χ2v) is 6.13. The van der Waals surface area contributed by atoms with Crippen molar-refractivity contribution in [2.75, 3.05) is 12.3 Å². The fourth-order valence-electron chi connectivity index (χ4n) is 2.07. The lowest BCUT2D eigenvalue weighted by Gasteiger charge is -2.11. The van der Waals surface area contributed by atoms with Gasteiger partial charge in [-0.2, -0.15) is 0 Å². The van der Waals surface area contributed by atoms with Gasteiger partial charge in [-0.25, -0.2) is 0 Å². The van der Waals surface area contributed by atoms with Crippen LogP contribution in [0.4, 0.5) is 5.69 Å². The van der Waals surface area contributed by atoms with E-state index in [1.165, 1.54) is 6.20 Å². The minimum absolute atomic E-state index is 0.105. The van der Waals surface area contributed by atoms with Gasteiger partial charge in [-0.05, 0) is 41.1 Å². The van der Waals surface area contributed by atoms with Crippen molar-refractivity contribution < 1.29 is 9.90 Å². The number of carbonyl (C=O) groups is 1. The Hall–Kier alpha value is -1.73. The van der Waals surface area contributed by atoms with Gasteiger partial charge in [0.15, 0.2) is 0 Å². The van der Waals surface area contributed by atoms with E-state index in [1.54, 1.807) is 24.4 Å². The van der Waals surface area contributed by atoms with Crippen molar-refractivity contribution in [1.29, 1.82) is 0 Å². The Morgan fingerprint density at radius 3 is 2.78 bits per heavy atom. The molecule has 0 fully saturated rings. The molecule has 1 aromatic heterocycles. The van der Waals surface area contributed by atoms with Crippen molar-refractivity contribution in [3.05, 3.63) is 51.8 Å². The van der Waals surface area contributed by atoms with Crippen molar-refractivity contribution in [3.63, 3.8) is 0 Å². The lowest BCUT2D eigenvalue weighted by atomic mass is 9.99. The highest BCUT2D eigenvalue weighted by molar-refractivity contribution is 9.10. The van der Waals surface area contributed by atoms with E-state index < -0.39 is 0 Å². The number of hydrogen-bond acceptors (Lipinski definition) is 5. The number of rotatable bonds is 5. The number of hydrogen-bond donors (Lipinski definition) is 2.